The fourth-order valence-electron chi connectivity index (χ4n) is 6.70. The topological polar surface area (TPSA) is 108 Å². The summed E-state index contributed by atoms with van der Waals surface area (Å²) >= 11 is 0. The summed E-state index contributed by atoms with van der Waals surface area (Å²) in [6, 6.07) is 8.66. The van der Waals surface area contributed by atoms with Gasteiger partial charge in [-0.1, -0.05) is 56.9 Å². The molecule has 38 heavy (non-hydrogen) atoms. The molecule has 1 aromatic rings. The van der Waals surface area contributed by atoms with E-state index >= 15 is 0 Å². The van der Waals surface area contributed by atoms with Gasteiger partial charge in [0.05, 0.1) is 17.1 Å². The molecule has 2 fully saturated rings. The van der Waals surface area contributed by atoms with Crippen molar-refractivity contribution in [2.45, 2.75) is 71.7 Å². The zero-order valence-corrected chi connectivity index (χ0v) is 22.3. The number of aliphatic hydroxyl groups excluding tert-OH is 1. The Morgan fingerprint density at radius 2 is 1.76 bits per heavy atom. The Balaban J connectivity index is 1.87. The van der Waals surface area contributed by atoms with Crippen LogP contribution in [0.3, 0.4) is 0 Å². The van der Waals surface area contributed by atoms with Gasteiger partial charge < -0.3 is 19.3 Å². The summed E-state index contributed by atoms with van der Waals surface area (Å²) in [6.45, 7) is 14.7. The number of hydrogen-bond donors (Lipinski definition) is 1. The second kappa shape index (κ2) is 10.5. The van der Waals surface area contributed by atoms with Gasteiger partial charge >= 0.3 is 17.9 Å². The van der Waals surface area contributed by atoms with Crippen molar-refractivity contribution in [2.75, 3.05) is 0 Å². The minimum Gasteiger partial charge on any atom is -0.455 e. The Hall–Kier alpha value is -3.23. The highest BCUT2D eigenvalue weighted by molar-refractivity contribution is 5.89. The standard InChI is InChI=1S/C30H36O8/c1-7-17(2)16-29(6)18(3)13-25(33)30-23(27(35-19(4)31)38-28(30)36-20(5)32)14-22(15-24(29)30)37-26(34)21-11-9-8-10-12-21/h7-12,14,18,22,24-25,27-28,33H,1-2,13,15-16H2,3-6H3/t18-,22+,24+,25-,27-,28-,29+,30-/m0/s1. The SMILES string of the molecule is C=CC(=C)C[C@@]1(C)[C@H]2C[C@H](OC(=O)c3ccccc3)C=C3[C@@H](OC(C)=O)O[C@H](OC(C)=O)[C@@]32[C@@H](O)C[C@@H]1C. The number of hydrogen-bond acceptors (Lipinski definition) is 8. The average molecular weight is 525 g/mol. The Bertz CT molecular complexity index is 1160. The molecule has 1 N–H and O–H groups in total. The molecule has 3 aliphatic rings. The van der Waals surface area contributed by atoms with Crippen molar-refractivity contribution < 1.29 is 38.4 Å². The van der Waals surface area contributed by atoms with Crippen molar-refractivity contribution in [2.24, 2.45) is 22.7 Å². The van der Waals surface area contributed by atoms with E-state index in [4.69, 9.17) is 18.9 Å². The first-order valence-electron chi connectivity index (χ1n) is 12.9. The molecule has 0 aromatic heterocycles. The Labute approximate surface area is 223 Å². The number of allylic oxidation sites excluding steroid dienone is 2. The van der Waals surface area contributed by atoms with Crippen molar-refractivity contribution in [1.29, 1.82) is 0 Å². The Kier molecular flexibility index (Phi) is 7.68. The van der Waals surface area contributed by atoms with Crippen LogP contribution in [-0.4, -0.2) is 47.8 Å². The van der Waals surface area contributed by atoms with Gasteiger partial charge in [0.2, 0.25) is 12.6 Å². The maximum atomic E-state index is 13.0. The summed E-state index contributed by atoms with van der Waals surface area (Å²) in [5.41, 5.74) is -0.0480. The van der Waals surface area contributed by atoms with Gasteiger partial charge in [-0.3, -0.25) is 14.3 Å². The Morgan fingerprint density at radius 1 is 1.11 bits per heavy atom. The molecule has 1 aliphatic heterocycles. The molecule has 1 spiro atoms. The molecule has 8 heteroatoms. The third-order valence-electron chi connectivity index (χ3n) is 8.56. The van der Waals surface area contributed by atoms with E-state index in [2.05, 4.69) is 27.0 Å². The van der Waals surface area contributed by atoms with Crippen LogP contribution < -0.4 is 0 Å². The number of esters is 3. The zero-order valence-electron chi connectivity index (χ0n) is 22.3. The number of carbonyl (C=O) groups excluding carboxylic acids is 3. The van der Waals surface area contributed by atoms with Crippen molar-refractivity contribution in [3.8, 4) is 0 Å². The van der Waals surface area contributed by atoms with Crippen molar-refractivity contribution in [3.63, 3.8) is 0 Å². The van der Waals surface area contributed by atoms with Crippen LogP contribution in [0.2, 0.25) is 0 Å². The second-order valence-corrected chi connectivity index (χ2v) is 10.9. The molecule has 1 aromatic carbocycles. The van der Waals surface area contributed by atoms with Crippen LogP contribution in [0.15, 0.2) is 66.8 Å². The van der Waals surface area contributed by atoms with Crippen LogP contribution in [0.1, 0.15) is 57.3 Å². The minimum absolute atomic E-state index is 0.0143. The maximum Gasteiger partial charge on any atom is 0.338 e. The largest absolute Gasteiger partial charge is 0.455 e. The van der Waals surface area contributed by atoms with E-state index in [1.165, 1.54) is 13.8 Å². The van der Waals surface area contributed by atoms with Crippen LogP contribution in [0.5, 0.6) is 0 Å². The highest BCUT2D eigenvalue weighted by Gasteiger charge is 2.71. The lowest BCUT2D eigenvalue weighted by Gasteiger charge is -2.60. The van der Waals surface area contributed by atoms with Gasteiger partial charge in [0.25, 0.3) is 0 Å². The number of benzene rings is 1. The molecule has 0 amide bonds. The number of rotatable bonds is 7. The number of carbonyl (C=O) groups is 3. The lowest BCUT2D eigenvalue weighted by Crippen LogP contribution is -2.63. The molecule has 0 radical (unpaired) electrons. The molecular formula is C30H36O8. The van der Waals surface area contributed by atoms with Crippen molar-refractivity contribution in [1.82, 2.24) is 0 Å². The molecular weight excluding hydrogens is 488 g/mol. The van der Waals surface area contributed by atoms with Gasteiger partial charge in [-0.05, 0) is 54.7 Å². The minimum atomic E-state index is -1.22. The van der Waals surface area contributed by atoms with E-state index in [0.29, 0.717) is 30.4 Å². The summed E-state index contributed by atoms with van der Waals surface area (Å²) in [6.07, 6.45) is 0.563. The Morgan fingerprint density at radius 3 is 2.37 bits per heavy atom. The van der Waals surface area contributed by atoms with Gasteiger partial charge in [0.1, 0.15) is 6.10 Å². The second-order valence-electron chi connectivity index (χ2n) is 10.9. The summed E-state index contributed by atoms with van der Waals surface area (Å²) in [5.74, 6) is -2.08. The van der Waals surface area contributed by atoms with E-state index in [1.54, 1.807) is 36.4 Å². The smallest absolute Gasteiger partial charge is 0.338 e. The highest BCUT2D eigenvalue weighted by Crippen LogP contribution is 2.67. The molecule has 8 nitrogen and oxygen atoms in total. The predicted octanol–water partition coefficient (Wildman–Crippen LogP) is 4.49. The lowest BCUT2D eigenvalue weighted by atomic mass is 9.45. The average Bonchev–Trinajstić information content (AvgIpc) is 3.15. The fraction of sp³-hybridized carbons (Fsp3) is 0.500. The van der Waals surface area contributed by atoms with Crippen LogP contribution in [0.4, 0.5) is 0 Å². The van der Waals surface area contributed by atoms with Crippen LogP contribution in [0, 0.1) is 22.7 Å². The van der Waals surface area contributed by atoms with E-state index < -0.39 is 59.4 Å². The first-order valence-corrected chi connectivity index (χ1v) is 12.9. The predicted molar refractivity (Wildman–Crippen MR) is 138 cm³/mol. The van der Waals surface area contributed by atoms with Gasteiger partial charge in [-0.2, -0.15) is 0 Å². The van der Waals surface area contributed by atoms with E-state index in [9.17, 15) is 19.5 Å². The summed E-state index contributed by atoms with van der Waals surface area (Å²) < 4.78 is 23.2. The molecule has 8 atom stereocenters. The van der Waals surface area contributed by atoms with Gasteiger partial charge in [-0.25, -0.2) is 4.79 Å². The third-order valence-corrected chi connectivity index (χ3v) is 8.56. The summed E-state index contributed by atoms with van der Waals surface area (Å²) in [5, 5.41) is 11.7. The van der Waals surface area contributed by atoms with E-state index in [0.717, 1.165) is 5.57 Å². The first-order chi connectivity index (χ1) is 17.9. The molecule has 2 aliphatic carbocycles. The lowest BCUT2D eigenvalue weighted by molar-refractivity contribution is -0.253. The molecule has 1 heterocycles. The van der Waals surface area contributed by atoms with Gasteiger partial charge in [0.15, 0.2) is 0 Å². The summed E-state index contributed by atoms with van der Waals surface area (Å²) in [7, 11) is 0. The molecule has 1 saturated heterocycles. The molecule has 0 unspecified atom stereocenters. The van der Waals surface area contributed by atoms with E-state index in [-0.39, 0.29) is 5.92 Å². The molecule has 0 bridgehead atoms. The van der Waals surface area contributed by atoms with Crippen LogP contribution in [0.25, 0.3) is 0 Å². The molecule has 4 rings (SSSR count). The number of ether oxygens (including phenoxy) is 4. The quantitative estimate of drug-likeness (QED) is 0.241. The van der Waals surface area contributed by atoms with Crippen molar-refractivity contribution in [3.05, 3.63) is 72.4 Å². The first kappa shape index (κ1) is 27.8. The van der Waals surface area contributed by atoms with Crippen LogP contribution >= 0.6 is 0 Å². The van der Waals surface area contributed by atoms with Crippen LogP contribution in [-0.2, 0) is 28.5 Å². The zero-order chi connectivity index (χ0) is 27.8. The highest BCUT2D eigenvalue weighted by atomic mass is 16.8. The monoisotopic (exact) mass is 524 g/mol. The fourth-order valence-corrected chi connectivity index (χ4v) is 6.70. The normalized spacial score (nSPS) is 35.7. The van der Waals surface area contributed by atoms with E-state index in [1.807, 2.05) is 6.07 Å². The van der Waals surface area contributed by atoms with Gasteiger partial charge in [0, 0.05) is 19.4 Å². The van der Waals surface area contributed by atoms with Crippen molar-refractivity contribution >= 4 is 17.9 Å². The third kappa shape index (κ3) is 4.71. The molecule has 204 valence electrons. The number of aliphatic hydroxyl groups is 1. The maximum absolute atomic E-state index is 13.0. The molecule has 1 saturated carbocycles. The van der Waals surface area contributed by atoms with Gasteiger partial charge in [-0.15, -0.1) is 0 Å². The summed E-state index contributed by atoms with van der Waals surface area (Å²) in [4.78, 5) is 37.3.